The molecule has 4 nitrogen and oxygen atoms in total. The van der Waals surface area contributed by atoms with E-state index in [1.165, 1.54) is 19.2 Å². The summed E-state index contributed by atoms with van der Waals surface area (Å²) in [7, 11) is 3.08. The molecule has 108 valence electrons. The summed E-state index contributed by atoms with van der Waals surface area (Å²) in [6, 6.07) is 4.23. The third kappa shape index (κ3) is 2.98. The number of carbonyl (C=O) groups is 2. The predicted octanol–water partition coefficient (Wildman–Crippen LogP) is 2.42. The number of rotatable bonds is 3. The van der Waals surface area contributed by atoms with Crippen LogP contribution < -0.4 is 4.74 Å². The SMILES string of the molecule is COc1ccc(C(=O)N(C)C2CCC(=O)CC2)cc1F. The highest BCUT2D eigenvalue weighted by Crippen LogP contribution is 2.23. The Bertz CT molecular complexity index is 520. The van der Waals surface area contributed by atoms with E-state index in [0.717, 1.165) is 0 Å². The molecule has 0 N–H and O–H groups in total. The number of amides is 1. The molecule has 0 aliphatic heterocycles. The van der Waals surface area contributed by atoms with Crippen LogP contribution in [-0.4, -0.2) is 36.8 Å². The predicted molar refractivity (Wildman–Crippen MR) is 72.3 cm³/mol. The third-order valence-corrected chi connectivity index (χ3v) is 3.78. The van der Waals surface area contributed by atoms with Crippen molar-refractivity contribution in [3.63, 3.8) is 0 Å². The molecule has 0 heterocycles. The van der Waals surface area contributed by atoms with E-state index in [4.69, 9.17) is 4.74 Å². The molecule has 0 radical (unpaired) electrons. The van der Waals surface area contributed by atoms with Gasteiger partial charge in [0.2, 0.25) is 0 Å². The van der Waals surface area contributed by atoms with Gasteiger partial charge in [-0.25, -0.2) is 4.39 Å². The van der Waals surface area contributed by atoms with Gasteiger partial charge in [-0.05, 0) is 31.0 Å². The number of ether oxygens (including phenoxy) is 1. The Morgan fingerprint density at radius 3 is 2.55 bits per heavy atom. The van der Waals surface area contributed by atoms with Crippen LogP contribution in [0.4, 0.5) is 4.39 Å². The zero-order chi connectivity index (χ0) is 14.7. The maximum atomic E-state index is 13.6. The van der Waals surface area contributed by atoms with Gasteiger partial charge in [-0.2, -0.15) is 0 Å². The van der Waals surface area contributed by atoms with Crippen molar-refractivity contribution in [1.82, 2.24) is 4.90 Å². The Morgan fingerprint density at radius 1 is 1.35 bits per heavy atom. The summed E-state index contributed by atoms with van der Waals surface area (Å²) in [5.74, 6) is -0.415. The number of methoxy groups -OCH3 is 1. The molecule has 1 fully saturated rings. The Morgan fingerprint density at radius 2 is 2.00 bits per heavy atom. The van der Waals surface area contributed by atoms with Gasteiger partial charge in [-0.3, -0.25) is 9.59 Å². The number of halogens is 1. The van der Waals surface area contributed by atoms with Gasteiger partial charge in [0.15, 0.2) is 11.6 Å². The molecule has 1 aliphatic carbocycles. The van der Waals surface area contributed by atoms with Crippen LogP contribution in [0.25, 0.3) is 0 Å². The van der Waals surface area contributed by atoms with Crippen LogP contribution in [-0.2, 0) is 4.79 Å². The average Bonchev–Trinajstić information content (AvgIpc) is 2.46. The molecule has 1 aromatic carbocycles. The van der Waals surface area contributed by atoms with Crippen molar-refractivity contribution in [2.45, 2.75) is 31.7 Å². The molecular weight excluding hydrogens is 261 g/mol. The average molecular weight is 279 g/mol. The lowest BCUT2D eigenvalue weighted by molar-refractivity contribution is -0.121. The van der Waals surface area contributed by atoms with Gasteiger partial charge in [-0.15, -0.1) is 0 Å². The van der Waals surface area contributed by atoms with E-state index in [9.17, 15) is 14.0 Å². The van der Waals surface area contributed by atoms with E-state index in [1.807, 2.05) is 0 Å². The smallest absolute Gasteiger partial charge is 0.253 e. The van der Waals surface area contributed by atoms with Crippen molar-refractivity contribution in [2.24, 2.45) is 0 Å². The number of benzene rings is 1. The van der Waals surface area contributed by atoms with E-state index in [0.29, 0.717) is 31.2 Å². The zero-order valence-corrected chi connectivity index (χ0v) is 11.7. The van der Waals surface area contributed by atoms with E-state index in [-0.39, 0.29) is 23.5 Å². The number of carbonyl (C=O) groups excluding carboxylic acids is 2. The number of ketones is 1. The lowest BCUT2D eigenvalue weighted by atomic mass is 9.93. The third-order valence-electron chi connectivity index (χ3n) is 3.78. The van der Waals surface area contributed by atoms with Crippen LogP contribution in [0.5, 0.6) is 5.75 Å². The van der Waals surface area contributed by atoms with Crippen LogP contribution in [0.15, 0.2) is 18.2 Å². The van der Waals surface area contributed by atoms with Crippen molar-refractivity contribution in [3.05, 3.63) is 29.6 Å². The van der Waals surface area contributed by atoms with Crippen molar-refractivity contribution < 1.29 is 18.7 Å². The lowest BCUT2D eigenvalue weighted by Crippen LogP contribution is -2.39. The number of hydrogen-bond donors (Lipinski definition) is 0. The fourth-order valence-electron chi connectivity index (χ4n) is 2.48. The maximum absolute atomic E-state index is 13.6. The van der Waals surface area contributed by atoms with Crippen molar-refractivity contribution in [3.8, 4) is 5.75 Å². The molecule has 0 bridgehead atoms. The summed E-state index contributed by atoms with van der Waals surface area (Å²) in [4.78, 5) is 25.1. The summed E-state index contributed by atoms with van der Waals surface area (Å²) < 4.78 is 18.5. The van der Waals surface area contributed by atoms with Gasteiger partial charge < -0.3 is 9.64 Å². The first-order valence-corrected chi connectivity index (χ1v) is 6.65. The molecule has 20 heavy (non-hydrogen) atoms. The highest BCUT2D eigenvalue weighted by molar-refractivity contribution is 5.94. The largest absolute Gasteiger partial charge is 0.494 e. The normalized spacial score (nSPS) is 16.1. The number of hydrogen-bond acceptors (Lipinski definition) is 3. The van der Waals surface area contributed by atoms with Crippen LogP contribution >= 0.6 is 0 Å². The Kier molecular flexibility index (Phi) is 4.37. The summed E-state index contributed by atoms with van der Waals surface area (Å²) in [6.07, 6.45) is 2.39. The summed E-state index contributed by atoms with van der Waals surface area (Å²) in [5, 5.41) is 0. The summed E-state index contributed by atoms with van der Waals surface area (Å²) in [6.45, 7) is 0. The molecule has 0 saturated heterocycles. The molecule has 1 amide bonds. The second-order valence-electron chi connectivity index (χ2n) is 5.04. The van der Waals surface area contributed by atoms with Gasteiger partial charge in [0, 0.05) is 31.5 Å². The molecule has 1 saturated carbocycles. The van der Waals surface area contributed by atoms with Crippen molar-refractivity contribution >= 4 is 11.7 Å². The minimum Gasteiger partial charge on any atom is -0.494 e. The fourth-order valence-corrected chi connectivity index (χ4v) is 2.48. The number of nitrogens with zero attached hydrogens (tertiary/aromatic N) is 1. The Labute approximate surface area is 117 Å². The molecule has 1 aliphatic rings. The first-order valence-electron chi connectivity index (χ1n) is 6.65. The van der Waals surface area contributed by atoms with E-state index >= 15 is 0 Å². The molecule has 5 heteroatoms. The van der Waals surface area contributed by atoms with E-state index in [1.54, 1.807) is 18.0 Å². The zero-order valence-electron chi connectivity index (χ0n) is 11.7. The number of Topliss-reactive ketones (excluding diaryl/α,β-unsaturated/α-hetero) is 1. The lowest BCUT2D eigenvalue weighted by Gasteiger charge is -2.30. The molecule has 0 spiro atoms. The maximum Gasteiger partial charge on any atom is 0.253 e. The minimum atomic E-state index is -0.550. The molecule has 1 aromatic rings. The van der Waals surface area contributed by atoms with Crippen molar-refractivity contribution in [1.29, 1.82) is 0 Å². The van der Waals surface area contributed by atoms with Crippen LogP contribution in [0.3, 0.4) is 0 Å². The highest BCUT2D eigenvalue weighted by atomic mass is 19.1. The minimum absolute atomic E-state index is 0.0466. The standard InChI is InChI=1S/C15H18FNO3/c1-17(11-4-6-12(18)7-5-11)15(19)10-3-8-14(20-2)13(16)9-10/h3,8-9,11H,4-7H2,1-2H3. The monoisotopic (exact) mass is 279 g/mol. The van der Waals surface area contributed by atoms with Crippen LogP contribution in [0, 0.1) is 5.82 Å². The summed E-state index contributed by atoms with van der Waals surface area (Å²) in [5.41, 5.74) is 0.294. The summed E-state index contributed by atoms with van der Waals surface area (Å²) >= 11 is 0. The topological polar surface area (TPSA) is 46.6 Å². The van der Waals surface area contributed by atoms with E-state index < -0.39 is 5.82 Å². The molecule has 0 aromatic heterocycles. The van der Waals surface area contributed by atoms with Crippen LogP contribution in [0.1, 0.15) is 36.0 Å². The second kappa shape index (κ2) is 6.03. The van der Waals surface area contributed by atoms with Gasteiger partial charge >= 0.3 is 0 Å². The van der Waals surface area contributed by atoms with Gasteiger partial charge in [-0.1, -0.05) is 0 Å². The molecule has 0 atom stereocenters. The van der Waals surface area contributed by atoms with Gasteiger partial charge in [0.25, 0.3) is 5.91 Å². The highest BCUT2D eigenvalue weighted by Gasteiger charge is 2.26. The van der Waals surface area contributed by atoms with Crippen LogP contribution in [0.2, 0.25) is 0 Å². The van der Waals surface area contributed by atoms with Gasteiger partial charge in [0.05, 0.1) is 7.11 Å². The fraction of sp³-hybridized carbons (Fsp3) is 0.467. The first-order chi connectivity index (χ1) is 9.52. The molecular formula is C15H18FNO3. The molecule has 2 rings (SSSR count). The second-order valence-corrected chi connectivity index (χ2v) is 5.04. The first kappa shape index (κ1) is 14.5. The van der Waals surface area contributed by atoms with E-state index in [2.05, 4.69) is 0 Å². The Hall–Kier alpha value is -1.91. The Balaban J connectivity index is 2.10. The van der Waals surface area contributed by atoms with Crippen molar-refractivity contribution in [2.75, 3.05) is 14.2 Å². The molecule has 0 unspecified atom stereocenters. The van der Waals surface area contributed by atoms with Gasteiger partial charge in [0.1, 0.15) is 5.78 Å². The quantitative estimate of drug-likeness (QED) is 0.853.